The van der Waals surface area contributed by atoms with E-state index in [4.69, 9.17) is 0 Å². The molecule has 230 valence electrons. The van der Waals surface area contributed by atoms with E-state index in [1.807, 2.05) is 0 Å². The summed E-state index contributed by atoms with van der Waals surface area (Å²) in [7, 11) is 0. The van der Waals surface area contributed by atoms with E-state index in [2.05, 4.69) is 5.32 Å². The van der Waals surface area contributed by atoms with Crippen LogP contribution in [-0.2, 0) is 0 Å². The van der Waals surface area contributed by atoms with Gasteiger partial charge >= 0.3 is 0 Å². The van der Waals surface area contributed by atoms with Gasteiger partial charge in [0.2, 0.25) is 0 Å². The Hall–Kier alpha value is -4.66. The van der Waals surface area contributed by atoms with E-state index in [9.17, 15) is 40.2 Å². The molecule has 4 aromatic carbocycles. The van der Waals surface area contributed by atoms with E-state index >= 15 is 0 Å². The highest BCUT2D eigenvalue weighted by Crippen LogP contribution is 2.51. The number of Topliss-reactive ketones (excluding diaryl/α,β-unsaturated/α-hetero) is 1. The average Bonchev–Trinajstić information content (AvgIpc) is 3.68. The molecule has 0 spiro atoms. The van der Waals surface area contributed by atoms with Crippen molar-refractivity contribution in [2.24, 2.45) is 5.92 Å². The van der Waals surface area contributed by atoms with Crippen LogP contribution < -0.4 is 5.32 Å². The number of phenolic OH excluding ortho intramolecular Hbond substituents is 6. The maximum Gasteiger partial charge on any atom is 0.256 e. The molecule has 9 nitrogen and oxygen atoms in total. The van der Waals surface area contributed by atoms with Gasteiger partial charge in [0.1, 0.15) is 11.5 Å². The van der Waals surface area contributed by atoms with Crippen LogP contribution in [0, 0.1) is 19.8 Å². The van der Waals surface area contributed by atoms with E-state index in [0.717, 1.165) is 51.4 Å². The summed E-state index contributed by atoms with van der Waals surface area (Å²) in [5.41, 5.74) is 1.19. The average molecular weight is 600 g/mol. The second-order valence-electron chi connectivity index (χ2n) is 12.5. The molecule has 0 heterocycles. The molecule has 4 aromatic rings. The lowest BCUT2D eigenvalue weighted by Crippen LogP contribution is -2.32. The second kappa shape index (κ2) is 11.1. The molecule has 9 heteroatoms. The third-order valence-corrected chi connectivity index (χ3v) is 9.53. The maximum absolute atomic E-state index is 13.4. The van der Waals surface area contributed by atoms with E-state index in [1.165, 1.54) is 12.1 Å². The molecule has 6 rings (SSSR count). The molecule has 0 saturated heterocycles. The maximum atomic E-state index is 13.4. The third kappa shape index (κ3) is 4.80. The number of hydrogen-bond acceptors (Lipinski definition) is 8. The predicted octanol–water partition coefficient (Wildman–Crippen LogP) is 6.95. The zero-order valence-corrected chi connectivity index (χ0v) is 24.8. The minimum absolute atomic E-state index is 0.0451. The first-order chi connectivity index (χ1) is 21.0. The standard InChI is InChI=1S/C35H37NO8/c1-16-11-20-22(14-25(38)33(42)29(20)24(37)13-18-7-3-4-8-18)31(40)27(16)28-17(2)12-21-23(32(28)41)15-26(39)34(43)30(21)35(44)36-19-9-5-6-10-19/h11-12,14-15,18-19,38-43H,3-10,13H2,1-2H3,(H,36,44). The number of amides is 1. The first-order valence-electron chi connectivity index (χ1n) is 15.2. The highest BCUT2D eigenvalue weighted by molar-refractivity contribution is 6.16. The molecule has 2 saturated carbocycles. The smallest absolute Gasteiger partial charge is 0.256 e. The molecule has 2 aliphatic rings. The Bertz CT molecular complexity index is 1710. The lowest BCUT2D eigenvalue weighted by Gasteiger charge is -2.21. The number of carbonyl (C=O) groups excluding carboxylic acids is 2. The summed E-state index contributed by atoms with van der Waals surface area (Å²) in [5, 5.41) is 69.6. The number of phenols is 6. The van der Waals surface area contributed by atoms with Crippen molar-refractivity contribution < 1.29 is 40.2 Å². The Labute approximate surface area is 254 Å². The van der Waals surface area contributed by atoms with Crippen LogP contribution in [0.1, 0.15) is 89.6 Å². The van der Waals surface area contributed by atoms with Crippen molar-refractivity contribution in [2.45, 2.75) is 77.7 Å². The van der Waals surface area contributed by atoms with Crippen molar-refractivity contribution in [3.63, 3.8) is 0 Å². The van der Waals surface area contributed by atoms with Crippen LogP contribution in [0.4, 0.5) is 0 Å². The van der Waals surface area contributed by atoms with Gasteiger partial charge in [-0.15, -0.1) is 0 Å². The van der Waals surface area contributed by atoms with Gasteiger partial charge in [0.15, 0.2) is 28.8 Å². The normalized spacial score (nSPS) is 15.9. The van der Waals surface area contributed by atoms with Gasteiger partial charge in [0.05, 0.1) is 11.1 Å². The summed E-state index contributed by atoms with van der Waals surface area (Å²) in [6.07, 6.45) is 7.79. The van der Waals surface area contributed by atoms with Crippen LogP contribution in [0.25, 0.3) is 32.7 Å². The second-order valence-corrected chi connectivity index (χ2v) is 12.5. The molecule has 0 aromatic heterocycles. The highest BCUT2D eigenvalue weighted by atomic mass is 16.3. The van der Waals surface area contributed by atoms with Gasteiger partial charge in [-0.05, 0) is 68.0 Å². The summed E-state index contributed by atoms with van der Waals surface area (Å²) in [4.78, 5) is 26.7. The van der Waals surface area contributed by atoms with Crippen LogP contribution in [0.15, 0.2) is 24.3 Å². The molecule has 2 fully saturated rings. The molecule has 0 atom stereocenters. The summed E-state index contributed by atoms with van der Waals surface area (Å²) in [6.45, 7) is 3.38. The number of aromatic hydroxyl groups is 6. The largest absolute Gasteiger partial charge is 0.507 e. The van der Waals surface area contributed by atoms with Crippen molar-refractivity contribution in [1.29, 1.82) is 0 Å². The van der Waals surface area contributed by atoms with Crippen molar-refractivity contribution in [1.82, 2.24) is 5.32 Å². The third-order valence-electron chi connectivity index (χ3n) is 9.53. The van der Waals surface area contributed by atoms with Gasteiger partial charge in [-0.25, -0.2) is 0 Å². The molecular weight excluding hydrogens is 562 g/mol. The van der Waals surface area contributed by atoms with Crippen LogP contribution in [0.2, 0.25) is 0 Å². The minimum Gasteiger partial charge on any atom is -0.507 e. The Morgan fingerprint density at radius 2 is 1.09 bits per heavy atom. The quantitative estimate of drug-likeness (QED) is 0.0923. The topological polar surface area (TPSA) is 168 Å². The molecular formula is C35H37NO8. The van der Waals surface area contributed by atoms with Crippen molar-refractivity contribution in [3.8, 4) is 45.6 Å². The van der Waals surface area contributed by atoms with Crippen LogP contribution in [0.3, 0.4) is 0 Å². The van der Waals surface area contributed by atoms with Gasteiger partial charge in [0.25, 0.3) is 5.91 Å². The van der Waals surface area contributed by atoms with E-state index in [0.29, 0.717) is 11.1 Å². The Balaban J connectivity index is 1.53. The SMILES string of the molecule is Cc1cc2c(C(=O)CC3CCCC3)c(O)c(O)cc2c(O)c1-c1c(C)cc2c(C(=O)NC3CCCC3)c(O)c(O)cc2c1O. The number of benzene rings is 4. The monoisotopic (exact) mass is 599 g/mol. The number of rotatable bonds is 6. The number of hydrogen-bond donors (Lipinski definition) is 7. The Morgan fingerprint density at radius 3 is 1.61 bits per heavy atom. The van der Waals surface area contributed by atoms with Crippen molar-refractivity contribution in [2.75, 3.05) is 0 Å². The molecule has 0 unspecified atom stereocenters. The molecule has 0 bridgehead atoms. The lowest BCUT2D eigenvalue weighted by molar-refractivity contribution is 0.0933. The number of ketones is 1. The Morgan fingerprint density at radius 1 is 0.636 bits per heavy atom. The molecule has 44 heavy (non-hydrogen) atoms. The van der Waals surface area contributed by atoms with Gasteiger partial charge in [-0.3, -0.25) is 9.59 Å². The first kappa shape index (κ1) is 29.4. The molecule has 0 radical (unpaired) electrons. The first-order valence-corrected chi connectivity index (χ1v) is 15.2. The molecule has 2 aliphatic carbocycles. The van der Waals surface area contributed by atoms with Crippen LogP contribution in [0.5, 0.6) is 34.5 Å². The number of carbonyl (C=O) groups is 2. The van der Waals surface area contributed by atoms with E-state index in [-0.39, 0.29) is 79.5 Å². The fraction of sp³-hybridized carbons (Fsp3) is 0.371. The van der Waals surface area contributed by atoms with E-state index < -0.39 is 28.9 Å². The molecule has 7 N–H and O–H groups in total. The van der Waals surface area contributed by atoms with Gasteiger partial charge < -0.3 is 36.0 Å². The van der Waals surface area contributed by atoms with E-state index in [1.54, 1.807) is 26.0 Å². The summed E-state index contributed by atoms with van der Waals surface area (Å²) in [5.74, 6) is -3.56. The molecule has 0 aliphatic heterocycles. The van der Waals surface area contributed by atoms with Crippen molar-refractivity contribution >= 4 is 33.2 Å². The molecule has 1 amide bonds. The fourth-order valence-electron chi connectivity index (χ4n) is 7.31. The highest BCUT2D eigenvalue weighted by Gasteiger charge is 2.29. The zero-order valence-electron chi connectivity index (χ0n) is 24.8. The minimum atomic E-state index is -0.589. The number of nitrogens with one attached hydrogen (secondary N) is 1. The predicted molar refractivity (Wildman–Crippen MR) is 167 cm³/mol. The number of fused-ring (bicyclic) bond motifs is 2. The fourth-order valence-corrected chi connectivity index (χ4v) is 7.31. The van der Waals surface area contributed by atoms with Gasteiger partial charge in [0, 0.05) is 45.1 Å². The van der Waals surface area contributed by atoms with Crippen molar-refractivity contribution in [3.05, 3.63) is 46.5 Å². The number of aryl methyl sites for hydroxylation is 2. The summed E-state index contributed by atoms with van der Waals surface area (Å²) >= 11 is 0. The van der Waals surface area contributed by atoms with Crippen LogP contribution >= 0.6 is 0 Å². The Kier molecular flexibility index (Phi) is 7.43. The van der Waals surface area contributed by atoms with Crippen LogP contribution in [-0.4, -0.2) is 48.4 Å². The lowest BCUT2D eigenvalue weighted by atomic mass is 9.86. The van der Waals surface area contributed by atoms with Gasteiger partial charge in [-0.2, -0.15) is 0 Å². The zero-order chi connectivity index (χ0) is 31.4. The summed E-state index contributed by atoms with van der Waals surface area (Å²) in [6, 6.07) is 5.57. The summed E-state index contributed by atoms with van der Waals surface area (Å²) < 4.78 is 0. The van der Waals surface area contributed by atoms with Gasteiger partial charge in [-0.1, -0.05) is 38.5 Å².